The minimum Gasteiger partial charge on any atom is -0.465 e. The molecular weight excluding hydrogens is 274 g/mol. The maximum absolute atomic E-state index is 12.2. The van der Waals surface area contributed by atoms with Crippen LogP contribution in [0.5, 0.6) is 0 Å². The predicted octanol–water partition coefficient (Wildman–Crippen LogP) is 3.31. The highest BCUT2D eigenvalue weighted by atomic mass is 16.5. The summed E-state index contributed by atoms with van der Waals surface area (Å²) < 4.78 is 5.25. The molecule has 1 spiro atoms. The molecule has 2 aliphatic rings. The molecule has 0 bridgehead atoms. The first-order chi connectivity index (χ1) is 10.5. The van der Waals surface area contributed by atoms with Crippen LogP contribution in [-0.2, 0) is 21.4 Å². The van der Waals surface area contributed by atoms with Gasteiger partial charge in [0, 0.05) is 13.1 Å². The molecular formula is C19H27NO2. The third-order valence-corrected chi connectivity index (χ3v) is 5.75. The number of hydrogen-bond acceptors (Lipinski definition) is 3. The van der Waals surface area contributed by atoms with Crippen LogP contribution in [0.2, 0.25) is 0 Å². The highest BCUT2D eigenvalue weighted by Crippen LogP contribution is 2.46. The van der Waals surface area contributed by atoms with Crippen molar-refractivity contribution in [3.05, 3.63) is 35.4 Å². The lowest BCUT2D eigenvalue weighted by molar-refractivity contribution is -0.157. The van der Waals surface area contributed by atoms with E-state index in [4.69, 9.17) is 4.74 Å². The fourth-order valence-corrected chi connectivity index (χ4v) is 4.21. The van der Waals surface area contributed by atoms with Crippen molar-refractivity contribution in [2.24, 2.45) is 0 Å². The molecule has 3 heteroatoms. The van der Waals surface area contributed by atoms with Crippen LogP contribution in [0.15, 0.2) is 24.3 Å². The lowest BCUT2D eigenvalue weighted by Gasteiger charge is -2.45. The van der Waals surface area contributed by atoms with E-state index in [9.17, 15) is 4.79 Å². The first-order valence-electron chi connectivity index (χ1n) is 8.50. The van der Waals surface area contributed by atoms with Gasteiger partial charge in [-0.05, 0) is 63.0 Å². The third kappa shape index (κ3) is 2.45. The number of ether oxygens (including phenoxy) is 1. The van der Waals surface area contributed by atoms with E-state index in [1.54, 1.807) is 5.56 Å². The summed E-state index contributed by atoms with van der Waals surface area (Å²) in [5.41, 5.74) is 2.91. The normalized spacial score (nSPS) is 20.9. The van der Waals surface area contributed by atoms with E-state index in [-0.39, 0.29) is 5.97 Å². The van der Waals surface area contributed by atoms with Gasteiger partial charge in [0.25, 0.3) is 0 Å². The third-order valence-electron chi connectivity index (χ3n) is 5.75. The van der Waals surface area contributed by atoms with Gasteiger partial charge < -0.3 is 4.74 Å². The van der Waals surface area contributed by atoms with Crippen LogP contribution in [0.25, 0.3) is 0 Å². The molecule has 1 fully saturated rings. The second-order valence-electron chi connectivity index (χ2n) is 7.20. The molecule has 1 heterocycles. The summed E-state index contributed by atoms with van der Waals surface area (Å²) in [6, 6.07) is 8.91. The number of rotatable bonds is 3. The Bertz CT molecular complexity index is 556. The fraction of sp³-hybridized carbons (Fsp3) is 0.632. The largest absolute Gasteiger partial charge is 0.465 e. The summed E-state index contributed by atoms with van der Waals surface area (Å²) in [5, 5.41) is 0. The van der Waals surface area contributed by atoms with Crippen molar-refractivity contribution < 1.29 is 9.53 Å². The maximum Gasteiger partial charge on any atom is 0.325 e. The maximum atomic E-state index is 12.2. The van der Waals surface area contributed by atoms with Crippen molar-refractivity contribution in [2.75, 3.05) is 19.7 Å². The highest BCUT2D eigenvalue weighted by molar-refractivity contribution is 5.79. The Balaban J connectivity index is 1.72. The van der Waals surface area contributed by atoms with E-state index in [1.807, 2.05) is 20.8 Å². The molecule has 1 saturated heterocycles. The molecule has 0 radical (unpaired) electrons. The number of hydrogen-bond donors (Lipinski definition) is 0. The minimum atomic E-state index is -0.518. The van der Waals surface area contributed by atoms with Crippen molar-refractivity contribution >= 4 is 5.97 Å². The number of nitrogens with zero attached hydrogens (tertiary/aromatic N) is 1. The van der Waals surface area contributed by atoms with Gasteiger partial charge in [-0.3, -0.25) is 9.69 Å². The van der Waals surface area contributed by atoms with Crippen LogP contribution >= 0.6 is 0 Å². The molecule has 1 aliphatic carbocycles. The van der Waals surface area contributed by atoms with Gasteiger partial charge in [0.15, 0.2) is 0 Å². The average Bonchev–Trinajstić information content (AvgIpc) is 2.87. The lowest BCUT2D eigenvalue weighted by Crippen LogP contribution is -2.55. The Labute approximate surface area is 133 Å². The molecule has 120 valence electrons. The smallest absolute Gasteiger partial charge is 0.325 e. The molecule has 0 aromatic heterocycles. The van der Waals surface area contributed by atoms with Gasteiger partial charge in [-0.1, -0.05) is 24.3 Å². The summed E-state index contributed by atoms with van der Waals surface area (Å²) in [7, 11) is 0. The van der Waals surface area contributed by atoms with Crippen molar-refractivity contribution in [2.45, 2.75) is 57.4 Å². The van der Waals surface area contributed by atoms with E-state index in [0.717, 1.165) is 25.9 Å². The summed E-state index contributed by atoms with van der Waals surface area (Å²) in [5.74, 6) is -0.0993. The number of esters is 1. The second-order valence-corrected chi connectivity index (χ2v) is 7.20. The van der Waals surface area contributed by atoms with Crippen molar-refractivity contribution in [3.8, 4) is 0 Å². The van der Waals surface area contributed by atoms with Gasteiger partial charge >= 0.3 is 5.97 Å². The van der Waals surface area contributed by atoms with E-state index in [1.165, 1.54) is 18.4 Å². The number of fused-ring (bicyclic) bond motifs is 2. The van der Waals surface area contributed by atoms with Crippen LogP contribution in [0.3, 0.4) is 0 Å². The van der Waals surface area contributed by atoms with E-state index in [0.29, 0.717) is 12.0 Å². The SMILES string of the molecule is CCOC(=O)C(C)(C)N1CCC2(CCc3ccccc32)CC1. The molecule has 22 heavy (non-hydrogen) atoms. The molecule has 3 rings (SSSR count). The van der Waals surface area contributed by atoms with Gasteiger partial charge in [0.05, 0.1) is 6.61 Å². The zero-order valence-electron chi connectivity index (χ0n) is 14.0. The van der Waals surface area contributed by atoms with Gasteiger partial charge in [-0.2, -0.15) is 0 Å². The molecule has 1 aromatic carbocycles. The quantitative estimate of drug-likeness (QED) is 0.802. The Morgan fingerprint density at radius 2 is 1.91 bits per heavy atom. The first kappa shape index (κ1) is 15.5. The highest BCUT2D eigenvalue weighted by Gasteiger charge is 2.45. The van der Waals surface area contributed by atoms with E-state index >= 15 is 0 Å². The zero-order valence-corrected chi connectivity index (χ0v) is 14.0. The summed E-state index contributed by atoms with van der Waals surface area (Å²) >= 11 is 0. The van der Waals surface area contributed by atoms with Crippen molar-refractivity contribution in [1.29, 1.82) is 0 Å². The molecule has 0 N–H and O–H groups in total. The van der Waals surface area contributed by atoms with Crippen LogP contribution in [0.4, 0.5) is 0 Å². The fourth-order valence-electron chi connectivity index (χ4n) is 4.21. The number of benzene rings is 1. The molecule has 0 amide bonds. The van der Waals surface area contributed by atoms with Crippen LogP contribution in [0.1, 0.15) is 51.2 Å². The van der Waals surface area contributed by atoms with Crippen LogP contribution in [0, 0.1) is 0 Å². The zero-order chi connectivity index (χ0) is 15.8. The minimum absolute atomic E-state index is 0.0993. The predicted molar refractivity (Wildman–Crippen MR) is 88.0 cm³/mol. The molecule has 0 saturated carbocycles. The van der Waals surface area contributed by atoms with Gasteiger partial charge in [-0.25, -0.2) is 0 Å². The van der Waals surface area contributed by atoms with Gasteiger partial charge in [0.2, 0.25) is 0 Å². The molecule has 0 unspecified atom stereocenters. The van der Waals surface area contributed by atoms with Crippen molar-refractivity contribution in [3.63, 3.8) is 0 Å². The molecule has 0 atom stereocenters. The van der Waals surface area contributed by atoms with E-state index < -0.39 is 5.54 Å². The number of carbonyl (C=O) groups is 1. The number of piperidine rings is 1. The number of aryl methyl sites for hydroxylation is 1. The molecule has 1 aromatic rings. The summed E-state index contributed by atoms with van der Waals surface area (Å²) in [4.78, 5) is 14.5. The second kappa shape index (κ2) is 5.69. The standard InChI is InChI=1S/C19H27NO2/c1-4-22-17(21)18(2,3)20-13-11-19(12-14-20)10-9-15-7-5-6-8-16(15)19/h5-8H,4,9-14H2,1-3H3. The van der Waals surface area contributed by atoms with Crippen LogP contribution < -0.4 is 0 Å². The first-order valence-corrected chi connectivity index (χ1v) is 8.50. The van der Waals surface area contributed by atoms with Crippen LogP contribution in [-0.4, -0.2) is 36.1 Å². The van der Waals surface area contributed by atoms with Crippen molar-refractivity contribution in [1.82, 2.24) is 4.90 Å². The van der Waals surface area contributed by atoms with E-state index in [2.05, 4.69) is 29.2 Å². The Morgan fingerprint density at radius 3 is 2.59 bits per heavy atom. The Kier molecular flexibility index (Phi) is 4.02. The average molecular weight is 301 g/mol. The number of carbonyl (C=O) groups excluding carboxylic acids is 1. The van der Waals surface area contributed by atoms with Gasteiger partial charge in [0.1, 0.15) is 5.54 Å². The summed E-state index contributed by atoms with van der Waals surface area (Å²) in [6.45, 7) is 8.25. The monoisotopic (exact) mass is 301 g/mol. The summed E-state index contributed by atoms with van der Waals surface area (Å²) in [6.07, 6.45) is 4.76. The number of likely N-dealkylation sites (tertiary alicyclic amines) is 1. The molecule has 3 nitrogen and oxygen atoms in total. The Morgan fingerprint density at radius 1 is 1.23 bits per heavy atom. The Hall–Kier alpha value is -1.35. The molecule has 1 aliphatic heterocycles. The topological polar surface area (TPSA) is 29.5 Å². The van der Waals surface area contributed by atoms with Gasteiger partial charge in [-0.15, -0.1) is 0 Å². The lowest BCUT2D eigenvalue weighted by atomic mass is 9.73.